The third-order valence-corrected chi connectivity index (χ3v) is 3.63. The topological polar surface area (TPSA) is 50.4 Å². The standard InChI is InChI=1S/C15H22N2O2/c1-10(2)14(9-19-3)17-15(18)12-8-16-13-7-5-4-6-11(12)13/h4-7,10,12,14,16H,8-9H2,1-3H3,(H,17,18). The second-order valence-corrected chi connectivity index (χ2v) is 5.34. The van der Waals surface area contributed by atoms with Crippen LogP contribution in [0.25, 0.3) is 0 Å². The Kier molecular flexibility index (Phi) is 4.43. The van der Waals surface area contributed by atoms with Crippen LogP contribution in [-0.2, 0) is 9.53 Å². The Morgan fingerprint density at radius 1 is 1.47 bits per heavy atom. The summed E-state index contributed by atoms with van der Waals surface area (Å²) in [7, 11) is 1.66. The van der Waals surface area contributed by atoms with Gasteiger partial charge in [0.2, 0.25) is 5.91 Å². The van der Waals surface area contributed by atoms with Crippen molar-refractivity contribution in [3.8, 4) is 0 Å². The van der Waals surface area contributed by atoms with Gasteiger partial charge in [-0.25, -0.2) is 0 Å². The minimum atomic E-state index is -0.102. The molecule has 1 aliphatic heterocycles. The molecule has 1 heterocycles. The summed E-state index contributed by atoms with van der Waals surface area (Å²) in [6, 6.07) is 8.04. The van der Waals surface area contributed by atoms with Crippen LogP contribution in [0.5, 0.6) is 0 Å². The zero-order chi connectivity index (χ0) is 13.8. The number of para-hydroxylation sites is 1. The molecule has 0 saturated carbocycles. The van der Waals surface area contributed by atoms with Crippen LogP contribution >= 0.6 is 0 Å². The maximum absolute atomic E-state index is 12.4. The first-order valence-electron chi connectivity index (χ1n) is 6.75. The Hall–Kier alpha value is -1.55. The Labute approximate surface area is 114 Å². The number of amides is 1. The third-order valence-electron chi connectivity index (χ3n) is 3.63. The fourth-order valence-corrected chi connectivity index (χ4v) is 2.38. The second kappa shape index (κ2) is 6.06. The van der Waals surface area contributed by atoms with Crippen LogP contribution in [-0.4, -0.2) is 32.2 Å². The van der Waals surface area contributed by atoms with Gasteiger partial charge in [-0.15, -0.1) is 0 Å². The van der Waals surface area contributed by atoms with Gasteiger partial charge in [-0.1, -0.05) is 32.0 Å². The fourth-order valence-electron chi connectivity index (χ4n) is 2.38. The zero-order valence-corrected chi connectivity index (χ0v) is 11.8. The van der Waals surface area contributed by atoms with Crippen molar-refractivity contribution < 1.29 is 9.53 Å². The van der Waals surface area contributed by atoms with Crippen LogP contribution in [0.4, 0.5) is 5.69 Å². The molecule has 0 aliphatic carbocycles. The number of anilines is 1. The van der Waals surface area contributed by atoms with E-state index in [1.807, 2.05) is 24.3 Å². The molecule has 1 aromatic carbocycles. The van der Waals surface area contributed by atoms with Gasteiger partial charge in [0.1, 0.15) is 0 Å². The summed E-state index contributed by atoms with van der Waals surface area (Å²) in [6.45, 7) is 5.39. The smallest absolute Gasteiger partial charge is 0.229 e. The summed E-state index contributed by atoms with van der Waals surface area (Å²) >= 11 is 0. The number of nitrogens with one attached hydrogen (secondary N) is 2. The average Bonchev–Trinajstić information content (AvgIpc) is 2.81. The molecule has 0 radical (unpaired) electrons. The van der Waals surface area contributed by atoms with E-state index >= 15 is 0 Å². The first-order valence-corrected chi connectivity index (χ1v) is 6.75. The highest BCUT2D eigenvalue weighted by molar-refractivity contribution is 5.88. The van der Waals surface area contributed by atoms with E-state index in [4.69, 9.17) is 4.74 Å². The van der Waals surface area contributed by atoms with Gasteiger partial charge in [0, 0.05) is 19.3 Å². The molecule has 0 spiro atoms. The van der Waals surface area contributed by atoms with Gasteiger partial charge in [-0.2, -0.15) is 0 Å². The van der Waals surface area contributed by atoms with Crippen molar-refractivity contribution in [3.63, 3.8) is 0 Å². The number of rotatable bonds is 5. The molecule has 1 amide bonds. The van der Waals surface area contributed by atoms with Crippen molar-refractivity contribution in [2.75, 3.05) is 25.6 Å². The second-order valence-electron chi connectivity index (χ2n) is 5.34. The molecule has 2 unspecified atom stereocenters. The van der Waals surface area contributed by atoms with Crippen molar-refractivity contribution in [1.29, 1.82) is 0 Å². The van der Waals surface area contributed by atoms with Crippen molar-refractivity contribution in [2.24, 2.45) is 5.92 Å². The summed E-state index contributed by atoms with van der Waals surface area (Å²) in [5.41, 5.74) is 2.15. The number of carbonyl (C=O) groups is 1. The molecular formula is C15H22N2O2. The monoisotopic (exact) mass is 262 g/mol. The van der Waals surface area contributed by atoms with Crippen molar-refractivity contribution >= 4 is 11.6 Å². The maximum Gasteiger partial charge on any atom is 0.229 e. The molecular weight excluding hydrogens is 240 g/mol. The first kappa shape index (κ1) is 13.9. The highest BCUT2D eigenvalue weighted by Gasteiger charge is 2.29. The number of methoxy groups -OCH3 is 1. The molecule has 0 fully saturated rings. The predicted octanol–water partition coefficient (Wildman–Crippen LogP) is 1.98. The summed E-state index contributed by atoms with van der Waals surface area (Å²) in [5, 5.41) is 6.37. The zero-order valence-electron chi connectivity index (χ0n) is 11.8. The number of benzene rings is 1. The normalized spacial score (nSPS) is 18.8. The van der Waals surface area contributed by atoms with Crippen molar-refractivity contribution in [2.45, 2.75) is 25.8 Å². The quantitative estimate of drug-likeness (QED) is 0.853. The summed E-state index contributed by atoms with van der Waals surface area (Å²) in [5.74, 6) is 0.330. The third kappa shape index (κ3) is 3.07. The lowest BCUT2D eigenvalue weighted by atomic mass is 9.98. The molecule has 2 rings (SSSR count). The van der Waals surface area contributed by atoms with Gasteiger partial charge in [-0.3, -0.25) is 4.79 Å². The summed E-state index contributed by atoms with van der Waals surface area (Å²) in [6.07, 6.45) is 0. The molecule has 2 N–H and O–H groups in total. The highest BCUT2D eigenvalue weighted by atomic mass is 16.5. The van der Waals surface area contributed by atoms with E-state index in [0.29, 0.717) is 19.1 Å². The molecule has 0 bridgehead atoms. The van der Waals surface area contributed by atoms with Gasteiger partial charge in [0.25, 0.3) is 0 Å². The van der Waals surface area contributed by atoms with E-state index in [-0.39, 0.29) is 17.9 Å². The lowest BCUT2D eigenvalue weighted by Gasteiger charge is -2.23. The minimum Gasteiger partial charge on any atom is -0.384 e. The largest absolute Gasteiger partial charge is 0.384 e. The van der Waals surface area contributed by atoms with Gasteiger partial charge >= 0.3 is 0 Å². The van der Waals surface area contributed by atoms with Crippen LogP contribution < -0.4 is 10.6 Å². The molecule has 104 valence electrons. The SMILES string of the molecule is COCC(NC(=O)C1CNc2ccccc21)C(C)C. The van der Waals surface area contributed by atoms with E-state index < -0.39 is 0 Å². The molecule has 1 aliphatic rings. The molecule has 4 nitrogen and oxygen atoms in total. The fraction of sp³-hybridized carbons (Fsp3) is 0.533. The van der Waals surface area contributed by atoms with Gasteiger partial charge in [0.15, 0.2) is 0 Å². The molecule has 0 aromatic heterocycles. The first-order chi connectivity index (χ1) is 9.13. The highest BCUT2D eigenvalue weighted by Crippen LogP contribution is 2.31. The Balaban J connectivity index is 2.05. The Bertz CT molecular complexity index is 446. The maximum atomic E-state index is 12.4. The van der Waals surface area contributed by atoms with E-state index in [1.54, 1.807) is 7.11 Å². The van der Waals surface area contributed by atoms with Crippen LogP contribution in [0, 0.1) is 5.92 Å². The lowest BCUT2D eigenvalue weighted by molar-refractivity contribution is -0.123. The van der Waals surface area contributed by atoms with Crippen molar-refractivity contribution in [1.82, 2.24) is 5.32 Å². The van der Waals surface area contributed by atoms with Crippen molar-refractivity contribution in [3.05, 3.63) is 29.8 Å². The molecule has 0 saturated heterocycles. The summed E-state index contributed by atoms with van der Waals surface area (Å²) in [4.78, 5) is 12.4. The molecule has 1 aromatic rings. The van der Waals surface area contributed by atoms with Crippen LogP contribution in [0.2, 0.25) is 0 Å². The van der Waals surface area contributed by atoms with E-state index in [9.17, 15) is 4.79 Å². The lowest BCUT2D eigenvalue weighted by Crippen LogP contribution is -2.44. The van der Waals surface area contributed by atoms with E-state index in [1.165, 1.54) is 0 Å². The number of fused-ring (bicyclic) bond motifs is 1. The van der Waals surface area contributed by atoms with E-state index in [2.05, 4.69) is 24.5 Å². The molecule has 2 atom stereocenters. The van der Waals surface area contributed by atoms with Crippen LogP contribution in [0.3, 0.4) is 0 Å². The average molecular weight is 262 g/mol. The number of carbonyl (C=O) groups excluding carboxylic acids is 1. The summed E-state index contributed by atoms with van der Waals surface area (Å²) < 4.78 is 5.17. The molecule has 19 heavy (non-hydrogen) atoms. The predicted molar refractivity (Wildman–Crippen MR) is 76.3 cm³/mol. The minimum absolute atomic E-state index is 0.0604. The number of hydrogen-bond donors (Lipinski definition) is 2. The number of ether oxygens (including phenoxy) is 1. The number of hydrogen-bond acceptors (Lipinski definition) is 3. The van der Waals surface area contributed by atoms with E-state index in [0.717, 1.165) is 11.3 Å². The van der Waals surface area contributed by atoms with Gasteiger partial charge < -0.3 is 15.4 Å². The van der Waals surface area contributed by atoms with Gasteiger partial charge in [-0.05, 0) is 17.5 Å². The van der Waals surface area contributed by atoms with Crippen LogP contribution in [0.1, 0.15) is 25.3 Å². The Morgan fingerprint density at radius 2 is 2.21 bits per heavy atom. The van der Waals surface area contributed by atoms with Crippen LogP contribution in [0.15, 0.2) is 24.3 Å². The molecule has 4 heteroatoms. The van der Waals surface area contributed by atoms with Gasteiger partial charge in [0.05, 0.1) is 18.6 Å². The Morgan fingerprint density at radius 3 is 2.89 bits per heavy atom.